The molecule has 1 heteroatoms. The third-order valence-electron chi connectivity index (χ3n) is 1.69. The fourth-order valence-corrected chi connectivity index (χ4v) is 2.28. The number of rotatable bonds is 0. The van der Waals surface area contributed by atoms with Gasteiger partial charge in [-0.1, -0.05) is 32.6 Å². The van der Waals surface area contributed by atoms with Crippen LogP contribution in [0.5, 0.6) is 0 Å². The van der Waals surface area contributed by atoms with Crippen LogP contribution in [0.2, 0.25) is 0 Å². The number of allylic oxidation sites excluding steroid dienone is 4. The molecule has 0 aromatic carbocycles. The largest absolute Gasteiger partial charge is 0.125 e. The van der Waals surface area contributed by atoms with Crippen molar-refractivity contribution in [1.29, 1.82) is 0 Å². The van der Waals surface area contributed by atoms with Gasteiger partial charge in [0.15, 0.2) is 0 Å². The summed E-state index contributed by atoms with van der Waals surface area (Å²) >= 11 is 1.94. The Morgan fingerprint density at radius 2 is 1.92 bits per heavy atom. The zero-order valence-corrected chi connectivity index (χ0v) is 9.41. The fraction of sp³-hybridized carbons (Fsp3) is 0.333. The molecule has 2 aliphatic rings. The van der Waals surface area contributed by atoms with Crippen LogP contribution < -0.4 is 0 Å². The summed E-state index contributed by atoms with van der Waals surface area (Å²) in [7, 11) is 0. The molecule has 0 amide bonds. The van der Waals surface area contributed by atoms with Gasteiger partial charge in [-0.2, -0.15) is 0 Å². The molecule has 0 bridgehead atoms. The lowest BCUT2D eigenvalue weighted by Gasteiger charge is -1.89. The van der Waals surface area contributed by atoms with E-state index in [9.17, 15) is 0 Å². The summed E-state index contributed by atoms with van der Waals surface area (Å²) in [4.78, 5) is 1.53. The first-order chi connectivity index (χ1) is 6.38. The zero-order chi connectivity index (χ0) is 10.3. The van der Waals surface area contributed by atoms with Crippen LogP contribution in [-0.2, 0) is 0 Å². The summed E-state index contributed by atoms with van der Waals surface area (Å²) in [5.74, 6) is 1.12. The first kappa shape index (κ1) is 12.3. The molecule has 0 nitrogen and oxygen atoms in total. The fourth-order valence-electron chi connectivity index (χ4n) is 1.19. The van der Waals surface area contributed by atoms with Gasteiger partial charge in [0.2, 0.25) is 0 Å². The Morgan fingerprint density at radius 3 is 2.46 bits per heavy atom. The van der Waals surface area contributed by atoms with Crippen molar-refractivity contribution in [2.24, 2.45) is 0 Å². The summed E-state index contributed by atoms with van der Waals surface area (Å²) in [6.07, 6.45) is 5.55. The van der Waals surface area contributed by atoms with Crippen molar-refractivity contribution < 1.29 is 0 Å². The van der Waals surface area contributed by atoms with Gasteiger partial charge in [-0.05, 0) is 22.5 Å². The topological polar surface area (TPSA) is 0 Å². The van der Waals surface area contributed by atoms with Gasteiger partial charge in [0.1, 0.15) is 0 Å². The Hall–Kier alpha value is -0.690. The lowest BCUT2D eigenvalue weighted by atomic mass is 10.1. The minimum absolute atomic E-state index is 1.12. The Kier molecular flexibility index (Phi) is 6.43. The Bertz CT molecular complexity index is 234. The van der Waals surface area contributed by atoms with E-state index in [0.717, 1.165) is 12.2 Å². The van der Waals surface area contributed by atoms with Crippen LogP contribution in [0.1, 0.15) is 20.3 Å². The minimum atomic E-state index is 1.12. The molecule has 0 aromatic rings. The second-order valence-corrected chi connectivity index (χ2v) is 3.41. The van der Waals surface area contributed by atoms with Crippen molar-refractivity contribution in [1.82, 2.24) is 0 Å². The van der Waals surface area contributed by atoms with E-state index in [1.807, 2.05) is 25.6 Å². The van der Waals surface area contributed by atoms with E-state index in [1.165, 1.54) is 16.1 Å². The molecule has 0 unspecified atom stereocenters. The maximum absolute atomic E-state index is 3.97. The summed E-state index contributed by atoms with van der Waals surface area (Å²) in [6.45, 7) is 14.0. The van der Waals surface area contributed by atoms with Gasteiger partial charge in [-0.15, -0.1) is 24.9 Å². The van der Waals surface area contributed by atoms with Crippen molar-refractivity contribution in [3.8, 4) is 0 Å². The van der Waals surface area contributed by atoms with Crippen molar-refractivity contribution in [2.75, 3.05) is 5.75 Å². The van der Waals surface area contributed by atoms with Gasteiger partial charge in [0.05, 0.1) is 0 Å². The summed E-state index contributed by atoms with van der Waals surface area (Å²) in [6, 6.07) is 0. The first-order valence-corrected chi connectivity index (χ1v) is 5.57. The number of thioether (sulfide) groups is 1. The summed E-state index contributed by atoms with van der Waals surface area (Å²) in [5.41, 5.74) is 2.73. The van der Waals surface area contributed by atoms with E-state index in [4.69, 9.17) is 0 Å². The molecule has 72 valence electrons. The maximum atomic E-state index is 3.97. The number of hydrogen-bond acceptors (Lipinski definition) is 1. The van der Waals surface area contributed by atoms with Crippen LogP contribution in [0.4, 0.5) is 0 Å². The van der Waals surface area contributed by atoms with E-state index < -0.39 is 0 Å². The Morgan fingerprint density at radius 1 is 1.31 bits per heavy atom. The molecular weight excluding hydrogens is 176 g/mol. The van der Waals surface area contributed by atoms with Crippen LogP contribution in [0, 0.1) is 0 Å². The number of hydrogen-bond donors (Lipinski definition) is 0. The molecule has 0 spiro atoms. The van der Waals surface area contributed by atoms with Crippen LogP contribution in [-0.4, -0.2) is 5.75 Å². The third kappa shape index (κ3) is 2.92. The molecule has 1 heterocycles. The second kappa shape index (κ2) is 6.79. The molecule has 0 atom stereocenters. The molecule has 1 aliphatic carbocycles. The Labute approximate surface area is 86.1 Å². The molecule has 0 fully saturated rings. The monoisotopic (exact) mass is 194 g/mol. The highest BCUT2D eigenvalue weighted by Crippen LogP contribution is 2.40. The minimum Gasteiger partial charge on any atom is -0.125 e. The average molecular weight is 194 g/mol. The Balaban J connectivity index is 0.000000322. The zero-order valence-electron chi connectivity index (χ0n) is 8.60. The van der Waals surface area contributed by atoms with Crippen LogP contribution in [0.3, 0.4) is 0 Å². The smallest absolute Gasteiger partial charge is 0.0229 e. The average Bonchev–Trinajstić information content (AvgIpc) is 2.78. The van der Waals surface area contributed by atoms with E-state index >= 15 is 0 Å². The van der Waals surface area contributed by atoms with E-state index in [1.54, 1.807) is 0 Å². The first-order valence-electron chi connectivity index (χ1n) is 4.58. The molecule has 13 heavy (non-hydrogen) atoms. The van der Waals surface area contributed by atoms with E-state index in [2.05, 4.69) is 31.9 Å². The van der Waals surface area contributed by atoms with E-state index in [0.29, 0.717) is 0 Å². The highest BCUT2D eigenvalue weighted by Gasteiger charge is 2.18. The molecule has 0 radical (unpaired) electrons. The van der Waals surface area contributed by atoms with E-state index in [-0.39, 0.29) is 0 Å². The predicted octanol–water partition coefficient (Wildman–Crippen LogP) is 4.33. The van der Waals surface area contributed by atoms with Gasteiger partial charge in [-0.3, -0.25) is 0 Å². The molecule has 0 aromatic heterocycles. The van der Waals surface area contributed by atoms with Crippen molar-refractivity contribution in [3.05, 3.63) is 47.9 Å². The highest BCUT2D eigenvalue weighted by atomic mass is 32.2. The van der Waals surface area contributed by atoms with Gasteiger partial charge >= 0.3 is 0 Å². The SMILES string of the molecule is C=C.C=C1CSC2=C1C=CC2.CC. The quantitative estimate of drug-likeness (QED) is 0.517. The third-order valence-corrected chi connectivity index (χ3v) is 2.92. The predicted molar refractivity (Wildman–Crippen MR) is 65.0 cm³/mol. The van der Waals surface area contributed by atoms with Crippen LogP contribution in [0.15, 0.2) is 47.9 Å². The lowest BCUT2D eigenvalue weighted by Crippen LogP contribution is -1.76. The van der Waals surface area contributed by atoms with Crippen molar-refractivity contribution >= 4 is 11.8 Å². The molecule has 2 rings (SSSR count). The maximum Gasteiger partial charge on any atom is 0.0229 e. The standard InChI is InChI=1S/C8H8S.C2H6.C2H4/c1-6-5-9-8-4-2-3-7(6)8;2*1-2/h2-3H,1,4-5H2;1-2H3;1-2H2. The summed E-state index contributed by atoms with van der Waals surface area (Å²) in [5, 5.41) is 0. The molecule has 0 saturated heterocycles. The highest BCUT2D eigenvalue weighted by molar-refractivity contribution is 8.03. The molecular formula is C12H18S. The normalized spacial score (nSPS) is 17.2. The van der Waals surface area contributed by atoms with Crippen LogP contribution in [0.25, 0.3) is 0 Å². The van der Waals surface area contributed by atoms with Gasteiger partial charge < -0.3 is 0 Å². The van der Waals surface area contributed by atoms with Crippen molar-refractivity contribution in [3.63, 3.8) is 0 Å². The van der Waals surface area contributed by atoms with Gasteiger partial charge in [0.25, 0.3) is 0 Å². The molecule has 1 aliphatic heterocycles. The summed E-state index contributed by atoms with van der Waals surface area (Å²) < 4.78 is 0. The lowest BCUT2D eigenvalue weighted by molar-refractivity contribution is 1.41. The van der Waals surface area contributed by atoms with Crippen LogP contribution >= 0.6 is 11.8 Å². The molecule has 0 N–H and O–H groups in total. The second-order valence-electron chi connectivity index (χ2n) is 2.34. The van der Waals surface area contributed by atoms with Crippen molar-refractivity contribution in [2.45, 2.75) is 20.3 Å². The van der Waals surface area contributed by atoms with Gasteiger partial charge in [0, 0.05) is 5.75 Å². The molecule has 0 saturated carbocycles. The van der Waals surface area contributed by atoms with Gasteiger partial charge in [-0.25, -0.2) is 0 Å².